The van der Waals surface area contributed by atoms with Crippen LogP contribution in [-0.4, -0.2) is 19.2 Å². The highest BCUT2D eigenvalue weighted by atomic mass is 32.1. The van der Waals surface area contributed by atoms with E-state index in [1.54, 1.807) is 0 Å². The van der Waals surface area contributed by atoms with Crippen molar-refractivity contribution in [1.29, 1.82) is 0 Å². The Bertz CT molecular complexity index is 485. The van der Waals surface area contributed by atoms with Gasteiger partial charge < -0.3 is 9.47 Å². The second kappa shape index (κ2) is 8.72. The maximum atomic E-state index is 12.1. The molecule has 4 heteroatoms. The fraction of sp³-hybridized carbons (Fsp3) is 0.737. The molecule has 128 valence electrons. The first-order chi connectivity index (χ1) is 11.3. The lowest BCUT2D eigenvalue weighted by atomic mass is 9.90. The van der Waals surface area contributed by atoms with E-state index in [-0.39, 0.29) is 5.97 Å². The van der Waals surface area contributed by atoms with E-state index in [9.17, 15) is 4.79 Å². The molecule has 0 unspecified atom stereocenters. The fourth-order valence-corrected chi connectivity index (χ4v) is 4.44. The minimum absolute atomic E-state index is 0.187. The molecule has 0 amide bonds. The summed E-state index contributed by atoms with van der Waals surface area (Å²) in [5.74, 6) is 1.07. The van der Waals surface area contributed by atoms with Crippen LogP contribution in [0.3, 0.4) is 0 Å². The molecule has 3 rings (SSSR count). The number of hydrogen-bond acceptors (Lipinski definition) is 4. The van der Waals surface area contributed by atoms with Gasteiger partial charge in [0.1, 0.15) is 4.88 Å². The lowest BCUT2D eigenvalue weighted by molar-refractivity contribution is 0.0416. The average Bonchev–Trinajstić information content (AvgIpc) is 3.09. The molecule has 1 aromatic rings. The Balaban J connectivity index is 1.41. The molecule has 0 atom stereocenters. The summed E-state index contributed by atoms with van der Waals surface area (Å²) in [7, 11) is 0. The molecule has 0 N–H and O–H groups in total. The predicted molar refractivity (Wildman–Crippen MR) is 93.2 cm³/mol. The first-order valence-electron chi connectivity index (χ1n) is 9.21. The van der Waals surface area contributed by atoms with Gasteiger partial charge in [-0.1, -0.05) is 49.9 Å². The monoisotopic (exact) mass is 336 g/mol. The zero-order valence-electron chi connectivity index (χ0n) is 13.9. The Morgan fingerprint density at radius 3 is 2.17 bits per heavy atom. The van der Waals surface area contributed by atoms with Crippen molar-refractivity contribution < 1.29 is 14.3 Å². The number of rotatable bonds is 6. The molecule has 3 nitrogen and oxygen atoms in total. The molecule has 0 radical (unpaired) electrons. The number of thiophene rings is 1. The largest absolute Gasteiger partial charge is 0.484 e. The van der Waals surface area contributed by atoms with E-state index in [1.165, 1.54) is 75.5 Å². The van der Waals surface area contributed by atoms with Crippen LogP contribution in [0.4, 0.5) is 0 Å². The molecular weight excluding hydrogens is 308 g/mol. The van der Waals surface area contributed by atoms with Crippen LogP contribution in [0, 0.1) is 11.8 Å². The molecule has 2 aliphatic carbocycles. The Morgan fingerprint density at radius 2 is 1.52 bits per heavy atom. The lowest BCUT2D eigenvalue weighted by Crippen LogP contribution is -2.16. The fourth-order valence-electron chi connectivity index (χ4n) is 3.68. The first kappa shape index (κ1) is 16.8. The van der Waals surface area contributed by atoms with Gasteiger partial charge in [0.05, 0.1) is 13.2 Å². The minimum Gasteiger partial charge on any atom is -0.484 e. The molecule has 0 aliphatic heterocycles. The Hall–Kier alpha value is -1.03. The van der Waals surface area contributed by atoms with Crippen molar-refractivity contribution >= 4 is 17.3 Å². The van der Waals surface area contributed by atoms with Crippen molar-refractivity contribution in [3.8, 4) is 5.06 Å². The molecule has 1 aromatic heterocycles. The molecule has 2 aliphatic rings. The van der Waals surface area contributed by atoms with Gasteiger partial charge in [-0.25, -0.2) is 4.79 Å². The third kappa shape index (κ3) is 5.23. The van der Waals surface area contributed by atoms with E-state index < -0.39 is 0 Å². The molecule has 2 saturated carbocycles. The van der Waals surface area contributed by atoms with Crippen molar-refractivity contribution in [3.05, 3.63) is 17.0 Å². The van der Waals surface area contributed by atoms with Gasteiger partial charge in [0.25, 0.3) is 0 Å². The van der Waals surface area contributed by atoms with Crippen LogP contribution in [-0.2, 0) is 4.74 Å². The molecule has 0 aromatic carbocycles. The zero-order valence-corrected chi connectivity index (χ0v) is 14.7. The quantitative estimate of drug-likeness (QED) is 0.648. The zero-order chi connectivity index (χ0) is 15.9. The van der Waals surface area contributed by atoms with Crippen LogP contribution in [0.25, 0.3) is 0 Å². The van der Waals surface area contributed by atoms with Crippen molar-refractivity contribution in [2.24, 2.45) is 11.8 Å². The summed E-state index contributed by atoms with van der Waals surface area (Å²) < 4.78 is 11.4. The number of carbonyl (C=O) groups is 1. The second-order valence-corrected chi connectivity index (χ2v) is 8.08. The van der Waals surface area contributed by atoms with Gasteiger partial charge in [0.2, 0.25) is 0 Å². The molecule has 1 heterocycles. The predicted octanol–water partition coefficient (Wildman–Crippen LogP) is 5.44. The van der Waals surface area contributed by atoms with Crippen molar-refractivity contribution in [1.82, 2.24) is 0 Å². The Labute approximate surface area is 143 Å². The van der Waals surface area contributed by atoms with E-state index in [2.05, 4.69) is 0 Å². The summed E-state index contributed by atoms with van der Waals surface area (Å²) in [4.78, 5) is 12.8. The summed E-state index contributed by atoms with van der Waals surface area (Å²) in [6.07, 6.45) is 12.9. The molecule has 23 heavy (non-hydrogen) atoms. The summed E-state index contributed by atoms with van der Waals surface area (Å²) >= 11 is 1.42. The normalized spacial score (nSPS) is 20.3. The van der Waals surface area contributed by atoms with E-state index in [1.807, 2.05) is 12.1 Å². The van der Waals surface area contributed by atoms with Crippen molar-refractivity contribution in [3.63, 3.8) is 0 Å². The smallest absolute Gasteiger partial charge is 0.348 e. The van der Waals surface area contributed by atoms with Gasteiger partial charge >= 0.3 is 5.97 Å². The first-order valence-corrected chi connectivity index (χ1v) is 10.0. The summed E-state index contributed by atoms with van der Waals surface area (Å²) in [5, 5.41) is 0.847. The second-order valence-electron chi connectivity index (χ2n) is 7.04. The van der Waals surface area contributed by atoms with Crippen LogP contribution in [0.5, 0.6) is 5.06 Å². The molecule has 2 fully saturated rings. The third-order valence-corrected chi connectivity index (χ3v) is 6.12. The van der Waals surface area contributed by atoms with Crippen LogP contribution < -0.4 is 4.74 Å². The van der Waals surface area contributed by atoms with Crippen LogP contribution in [0.15, 0.2) is 12.1 Å². The minimum atomic E-state index is -0.187. The van der Waals surface area contributed by atoms with Gasteiger partial charge in [0, 0.05) is 0 Å². The SMILES string of the molecule is O=C(OCC1CCCCC1)c1ccc(OCC2CCCCC2)s1. The topological polar surface area (TPSA) is 35.5 Å². The van der Waals surface area contributed by atoms with Gasteiger partial charge in [-0.15, -0.1) is 0 Å². The number of ether oxygens (including phenoxy) is 2. The highest BCUT2D eigenvalue weighted by Crippen LogP contribution is 2.29. The van der Waals surface area contributed by atoms with Crippen molar-refractivity contribution in [2.45, 2.75) is 64.2 Å². The van der Waals surface area contributed by atoms with Crippen LogP contribution in [0.2, 0.25) is 0 Å². The van der Waals surface area contributed by atoms with Crippen molar-refractivity contribution in [2.75, 3.05) is 13.2 Å². The summed E-state index contributed by atoms with van der Waals surface area (Å²) in [6.45, 7) is 1.37. The maximum Gasteiger partial charge on any atom is 0.348 e. The van der Waals surface area contributed by atoms with Gasteiger partial charge in [-0.2, -0.15) is 0 Å². The highest BCUT2D eigenvalue weighted by Gasteiger charge is 2.18. The summed E-state index contributed by atoms with van der Waals surface area (Å²) in [6, 6.07) is 3.74. The summed E-state index contributed by atoms with van der Waals surface area (Å²) in [5.41, 5.74) is 0. The van der Waals surface area contributed by atoms with Crippen LogP contribution in [0.1, 0.15) is 73.9 Å². The Kier molecular flexibility index (Phi) is 6.37. The van der Waals surface area contributed by atoms with E-state index >= 15 is 0 Å². The van der Waals surface area contributed by atoms with E-state index in [0.717, 1.165) is 11.7 Å². The number of esters is 1. The highest BCUT2D eigenvalue weighted by molar-refractivity contribution is 7.15. The Morgan fingerprint density at radius 1 is 0.913 bits per heavy atom. The third-order valence-electron chi connectivity index (χ3n) is 5.14. The van der Waals surface area contributed by atoms with E-state index in [4.69, 9.17) is 9.47 Å². The van der Waals surface area contributed by atoms with Gasteiger partial charge in [0.15, 0.2) is 5.06 Å². The standard InChI is InChI=1S/C19H28O3S/c20-19(22-14-16-9-5-2-6-10-16)17-11-12-18(23-17)21-13-15-7-3-1-4-8-15/h11-12,15-16H,1-10,13-14H2. The average molecular weight is 336 g/mol. The van der Waals surface area contributed by atoms with Crippen LogP contribution >= 0.6 is 11.3 Å². The molecule has 0 bridgehead atoms. The molecule has 0 saturated heterocycles. The number of hydrogen-bond donors (Lipinski definition) is 0. The van der Waals surface area contributed by atoms with Gasteiger partial charge in [-0.3, -0.25) is 0 Å². The lowest BCUT2D eigenvalue weighted by Gasteiger charge is -2.21. The van der Waals surface area contributed by atoms with Gasteiger partial charge in [-0.05, 0) is 49.7 Å². The molecule has 0 spiro atoms. The van der Waals surface area contributed by atoms with E-state index in [0.29, 0.717) is 23.3 Å². The maximum absolute atomic E-state index is 12.1. The number of carbonyl (C=O) groups excluding carboxylic acids is 1. The molecular formula is C19H28O3S.